The third-order valence-electron chi connectivity index (χ3n) is 9.16. The standard InChI is InChI=1S/C30H25Cl2FN4O.CH4/c31-17-10-11-19-22(14-17)35-29(38)30(19)26(18-4-3-5-20(32)27(18)33)25-24(37(30)15-16-8-9-16)12-13-36-23-7-2-1-6-21(23)34-28(25)36;/h1-7,10-11,14,16,24-26H,8-9,12-13,15H2,(H,35,38);1H4/t24-,25+,26-,30+;/m0./s1. The number of aryl methyl sites for hydroxylation is 1. The van der Waals surface area contributed by atoms with Crippen molar-refractivity contribution in [2.24, 2.45) is 5.92 Å². The Labute approximate surface area is 236 Å². The zero-order chi connectivity index (χ0) is 25.8. The molecular weight excluding hydrogens is 534 g/mol. The summed E-state index contributed by atoms with van der Waals surface area (Å²) >= 11 is 12.8. The molecule has 4 atom stereocenters. The van der Waals surface area contributed by atoms with Gasteiger partial charge in [-0.3, -0.25) is 9.69 Å². The Bertz CT molecular complexity index is 1650. The van der Waals surface area contributed by atoms with Crippen molar-refractivity contribution in [3.63, 3.8) is 0 Å². The van der Waals surface area contributed by atoms with E-state index in [2.05, 4.69) is 20.9 Å². The van der Waals surface area contributed by atoms with E-state index >= 15 is 4.39 Å². The second kappa shape index (κ2) is 8.79. The predicted molar refractivity (Wildman–Crippen MR) is 153 cm³/mol. The number of aromatic nitrogens is 2. The van der Waals surface area contributed by atoms with Crippen molar-refractivity contribution in [1.29, 1.82) is 0 Å². The van der Waals surface area contributed by atoms with E-state index in [1.54, 1.807) is 24.3 Å². The molecule has 1 saturated heterocycles. The van der Waals surface area contributed by atoms with Crippen LogP contribution in [0.1, 0.15) is 55.5 Å². The van der Waals surface area contributed by atoms with Gasteiger partial charge in [-0.25, -0.2) is 9.37 Å². The number of fused-ring (bicyclic) bond motifs is 7. The molecule has 3 aromatic carbocycles. The number of benzene rings is 3. The van der Waals surface area contributed by atoms with Gasteiger partial charge >= 0.3 is 0 Å². The van der Waals surface area contributed by atoms with E-state index in [0.717, 1.165) is 54.8 Å². The summed E-state index contributed by atoms with van der Waals surface area (Å²) < 4.78 is 18.3. The van der Waals surface area contributed by atoms with Crippen molar-refractivity contribution in [2.75, 3.05) is 11.9 Å². The second-order valence-corrected chi connectivity index (χ2v) is 12.0. The molecule has 3 aliphatic heterocycles. The smallest absolute Gasteiger partial charge is 0.250 e. The minimum Gasteiger partial charge on any atom is -0.328 e. The zero-order valence-electron chi connectivity index (χ0n) is 20.5. The van der Waals surface area contributed by atoms with Gasteiger partial charge in [0.1, 0.15) is 17.2 Å². The maximum Gasteiger partial charge on any atom is 0.250 e. The minimum absolute atomic E-state index is 0. The van der Waals surface area contributed by atoms with Crippen LogP contribution in [0, 0.1) is 11.7 Å². The van der Waals surface area contributed by atoms with Crippen LogP contribution in [0.2, 0.25) is 10.0 Å². The van der Waals surface area contributed by atoms with E-state index in [1.165, 1.54) is 0 Å². The quantitative estimate of drug-likeness (QED) is 0.284. The molecule has 200 valence electrons. The monoisotopic (exact) mass is 562 g/mol. The average molecular weight is 564 g/mol. The van der Waals surface area contributed by atoms with E-state index in [0.29, 0.717) is 22.2 Å². The third kappa shape index (κ3) is 3.35. The Hall–Kier alpha value is -2.93. The number of imidazole rings is 1. The van der Waals surface area contributed by atoms with Crippen molar-refractivity contribution < 1.29 is 9.18 Å². The molecule has 0 radical (unpaired) electrons. The number of halogens is 3. The Balaban J connectivity index is 0.00000253. The van der Waals surface area contributed by atoms with Crippen LogP contribution in [-0.2, 0) is 16.9 Å². The summed E-state index contributed by atoms with van der Waals surface area (Å²) in [5, 5.41) is 3.76. The lowest BCUT2D eigenvalue weighted by Gasteiger charge is -2.40. The zero-order valence-corrected chi connectivity index (χ0v) is 22.0. The van der Waals surface area contributed by atoms with E-state index in [9.17, 15) is 4.79 Å². The number of carbonyl (C=O) groups excluding carboxylic acids is 1. The summed E-state index contributed by atoms with van der Waals surface area (Å²) in [4.78, 5) is 21.9. The van der Waals surface area contributed by atoms with Crippen molar-refractivity contribution in [3.05, 3.63) is 93.5 Å². The van der Waals surface area contributed by atoms with Gasteiger partial charge in [0.25, 0.3) is 0 Å². The minimum atomic E-state index is -1.10. The number of nitrogens with zero attached hydrogens (tertiary/aromatic N) is 3. The lowest BCUT2D eigenvalue weighted by molar-refractivity contribution is -0.128. The molecule has 4 aromatic rings. The van der Waals surface area contributed by atoms with Gasteiger partial charge in [-0.05, 0) is 61.1 Å². The van der Waals surface area contributed by atoms with Gasteiger partial charge in [-0.2, -0.15) is 0 Å². The Morgan fingerprint density at radius 2 is 1.87 bits per heavy atom. The highest BCUT2D eigenvalue weighted by Crippen LogP contribution is 2.64. The SMILES string of the molecule is C.O=C1Nc2cc(Cl)ccc2[C@@]12[C@@H](c1cccc(Cl)c1F)[C@@H]1c3nc4ccccc4n3CC[C@@H]1N2CC1CC1. The molecule has 1 aliphatic carbocycles. The molecule has 8 rings (SSSR count). The highest BCUT2D eigenvalue weighted by Gasteiger charge is 2.69. The number of amides is 1. The molecule has 2 fully saturated rings. The first-order valence-electron chi connectivity index (χ1n) is 13.3. The molecule has 1 aromatic heterocycles. The van der Waals surface area contributed by atoms with Crippen LogP contribution in [0.4, 0.5) is 10.1 Å². The van der Waals surface area contributed by atoms with Gasteiger partial charge in [0.15, 0.2) is 0 Å². The predicted octanol–water partition coefficient (Wildman–Crippen LogP) is 7.33. The van der Waals surface area contributed by atoms with E-state index in [-0.39, 0.29) is 30.3 Å². The maximum atomic E-state index is 16.1. The Morgan fingerprint density at radius 1 is 1.05 bits per heavy atom. The van der Waals surface area contributed by atoms with Crippen LogP contribution < -0.4 is 5.32 Å². The van der Waals surface area contributed by atoms with E-state index < -0.39 is 17.3 Å². The molecular formula is C31H29Cl2FN4O. The van der Waals surface area contributed by atoms with Crippen LogP contribution in [0.5, 0.6) is 0 Å². The molecule has 4 aliphatic rings. The van der Waals surface area contributed by atoms with Crippen molar-refractivity contribution in [1.82, 2.24) is 14.5 Å². The first kappa shape index (κ1) is 25.1. The van der Waals surface area contributed by atoms with E-state index in [1.807, 2.05) is 30.3 Å². The largest absolute Gasteiger partial charge is 0.328 e. The fourth-order valence-electron chi connectivity index (χ4n) is 7.54. The average Bonchev–Trinajstić information content (AvgIpc) is 3.49. The van der Waals surface area contributed by atoms with Crippen LogP contribution >= 0.6 is 23.2 Å². The second-order valence-electron chi connectivity index (χ2n) is 11.1. The van der Waals surface area contributed by atoms with Gasteiger partial charge in [0.2, 0.25) is 5.91 Å². The van der Waals surface area contributed by atoms with Gasteiger partial charge in [-0.15, -0.1) is 0 Å². The number of rotatable bonds is 3. The summed E-state index contributed by atoms with van der Waals surface area (Å²) in [6.07, 6.45) is 3.14. The number of carbonyl (C=O) groups is 1. The lowest BCUT2D eigenvalue weighted by atomic mass is 9.70. The topological polar surface area (TPSA) is 50.2 Å². The number of para-hydroxylation sites is 2. The van der Waals surface area contributed by atoms with Gasteiger partial charge < -0.3 is 9.88 Å². The summed E-state index contributed by atoms with van der Waals surface area (Å²) in [7, 11) is 0. The van der Waals surface area contributed by atoms with E-state index in [4.69, 9.17) is 28.2 Å². The first-order valence-corrected chi connectivity index (χ1v) is 14.0. The molecule has 1 amide bonds. The number of anilines is 1. The number of likely N-dealkylation sites (tertiary alicyclic amines) is 1. The normalized spacial score (nSPS) is 27.3. The molecule has 4 heterocycles. The molecule has 5 nitrogen and oxygen atoms in total. The molecule has 39 heavy (non-hydrogen) atoms. The number of nitrogens with one attached hydrogen (secondary N) is 1. The first-order chi connectivity index (χ1) is 18.5. The number of hydrogen-bond donors (Lipinski definition) is 1. The van der Waals surface area contributed by atoms with Crippen molar-refractivity contribution in [2.45, 2.75) is 56.7 Å². The highest BCUT2D eigenvalue weighted by molar-refractivity contribution is 6.31. The molecule has 1 saturated carbocycles. The van der Waals surface area contributed by atoms with Gasteiger partial charge in [-0.1, -0.05) is 61.0 Å². The number of hydrogen-bond acceptors (Lipinski definition) is 3. The maximum absolute atomic E-state index is 16.1. The van der Waals surface area contributed by atoms with Crippen LogP contribution in [0.15, 0.2) is 60.7 Å². The summed E-state index contributed by atoms with van der Waals surface area (Å²) in [6.45, 7) is 1.59. The highest BCUT2D eigenvalue weighted by atomic mass is 35.5. The van der Waals surface area contributed by atoms with Gasteiger partial charge in [0, 0.05) is 47.2 Å². The lowest BCUT2D eigenvalue weighted by Crippen LogP contribution is -2.53. The molecule has 0 unspecified atom stereocenters. The fourth-order valence-corrected chi connectivity index (χ4v) is 7.89. The molecule has 8 heteroatoms. The van der Waals surface area contributed by atoms with Crippen LogP contribution in [-0.4, -0.2) is 32.9 Å². The summed E-state index contributed by atoms with van der Waals surface area (Å²) in [5.74, 6) is 0.129. The molecule has 0 bridgehead atoms. The van der Waals surface area contributed by atoms with Crippen molar-refractivity contribution in [3.8, 4) is 0 Å². The van der Waals surface area contributed by atoms with Crippen LogP contribution in [0.25, 0.3) is 11.0 Å². The molecule has 1 spiro atoms. The Kier molecular flexibility index (Phi) is 5.65. The molecule has 1 N–H and O–H groups in total. The van der Waals surface area contributed by atoms with Gasteiger partial charge in [0.05, 0.1) is 16.1 Å². The third-order valence-corrected chi connectivity index (χ3v) is 9.69. The fraction of sp³-hybridized carbons (Fsp3) is 0.355. The Morgan fingerprint density at radius 3 is 2.69 bits per heavy atom. The van der Waals surface area contributed by atoms with Crippen LogP contribution in [0.3, 0.4) is 0 Å². The summed E-state index contributed by atoms with van der Waals surface area (Å²) in [5.41, 5.74) is 2.91. The summed E-state index contributed by atoms with van der Waals surface area (Å²) in [6, 6.07) is 18.9. The van der Waals surface area contributed by atoms with Crippen molar-refractivity contribution >= 4 is 45.8 Å².